The Morgan fingerprint density at radius 1 is 1.15 bits per heavy atom. The number of aryl methyl sites for hydroxylation is 1. The molecule has 0 aliphatic rings. The highest BCUT2D eigenvalue weighted by atomic mass is 32.1. The summed E-state index contributed by atoms with van der Waals surface area (Å²) in [5, 5.41) is 16.5. The molecule has 0 fully saturated rings. The Hall–Kier alpha value is -1.84. The topological polar surface area (TPSA) is 32.3 Å². The molecule has 2 nitrogen and oxygen atoms in total. The van der Waals surface area contributed by atoms with Crippen molar-refractivity contribution in [3.05, 3.63) is 65.0 Å². The maximum Gasteiger partial charge on any atom is 0.0759 e. The van der Waals surface area contributed by atoms with E-state index >= 15 is 0 Å². The number of anilines is 1. The van der Waals surface area contributed by atoms with Gasteiger partial charge in [0.2, 0.25) is 0 Å². The minimum absolute atomic E-state index is 0.0760. The highest BCUT2D eigenvalue weighted by molar-refractivity contribution is 7.17. The van der Waals surface area contributed by atoms with Crippen molar-refractivity contribution in [1.82, 2.24) is 0 Å². The van der Waals surface area contributed by atoms with Gasteiger partial charge in [0.15, 0.2) is 0 Å². The highest BCUT2D eigenvalue weighted by Gasteiger charge is 2.14. The molecule has 1 unspecified atom stereocenters. The molecule has 3 rings (SSSR count). The van der Waals surface area contributed by atoms with Crippen LogP contribution in [0.5, 0.6) is 0 Å². The normalized spacial score (nSPS) is 12.5. The van der Waals surface area contributed by atoms with Gasteiger partial charge in [-0.05, 0) is 47.0 Å². The van der Waals surface area contributed by atoms with Gasteiger partial charge in [0.25, 0.3) is 0 Å². The standard InChI is InChI=1S/C17H17NOS/c1-12-5-4-6-13(9-12)18-16(10-19)15-11-20-17-8-3-2-7-14(15)17/h2-9,11,16,18-19H,10H2,1H3. The lowest BCUT2D eigenvalue weighted by atomic mass is 10.1. The fourth-order valence-electron chi connectivity index (χ4n) is 2.43. The van der Waals surface area contributed by atoms with Crippen LogP contribution in [0.25, 0.3) is 10.1 Å². The van der Waals surface area contributed by atoms with Crippen LogP contribution in [0.4, 0.5) is 5.69 Å². The molecule has 0 spiro atoms. The van der Waals surface area contributed by atoms with Gasteiger partial charge < -0.3 is 10.4 Å². The van der Waals surface area contributed by atoms with Gasteiger partial charge in [0.05, 0.1) is 12.6 Å². The summed E-state index contributed by atoms with van der Waals surface area (Å²) < 4.78 is 1.26. The van der Waals surface area contributed by atoms with E-state index in [1.165, 1.54) is 15.6 Å². The summed E-state index contributed by atoms with van der Waals surface area (Å²) in [6.45, 7) is 2.15. The van der Waals surface area contributed by atoms with Gasteiger partial charge in [-0.2, -0.15) is 0 Å². The SMILES string of the molecule is Cc1cccc(NC(CO)c2csc3ccccc23)c1. The minimum Gasteiger partial charge on any atom is -0.394 e. The first kappa shape index (κ1) is 13.2. The molecule has 102 valence electrons. The third-order valence-electron chi connectivity index (χ3n) is 3.43. The van der Waals surface area contributed by atoms with Crippen LogP contribution in [0.2, 0.25) is 0 Å². The molecule has 1 aromatic heterocycles. The molecule has 3 heteroatoms. The molecular formula is C17H17NOS. The third-order valence-corrected chi connectivity index (χ3v) is 4.41. The third kappa shape index (κ3) is 2.55. The van der Waals surface area contributed by atoms with E-state index in [1.807, 2.05) is 24.3 Å². The Bertz CT molecular complexity index is 720. The molecule has 0 amide bonds. The van der Waals surface area contributed by atoms with Gasteiger partial charge in [0, 0.05) is 10.4 Å². The number of aliphatic hydroxyl groups excluding tert-OH is 1. The van der Waals surface area contributed by atoms with Crippen molar-refractivity contribution in [2.45, 2.75) is 13.0 Å². The number of hydrogen-bond acceptors (Lipinski definition) is 3. The summed E-state index contributed by atoms with van der Waals surface area (Å²) in [5.41, 5.74) is 3.41. The molecular weight excluding hydrogens is 266 g/mol. The number of benzene rings is 2. The van der Waals surface area contributed by atoms with Crippen LogP contribution < -0.4 is 5.32 Å². The predicted octanol–water partition coefficient (Wildman–Crippen LogP) is 4.36. The summed E-state index contributed by atoms with van der Waals surface area (Å²) in [5.74, 6) is 0. The molecule has 1 atom stereocenters. The van der Waals surface area contributed by atoms with Gasteiger partial charge >= 0.3 is 0 Å². The van der Waals surface area contributed by atoms with E-state index < -0.39 is 0 Å². The van der Waals surface area contributed by atoms with Gasteiger partial charge in [-0.15, -0.1) is 11.3 Å². The average molecular weight is 283 g/mol. The zero-order valence-corrected chi connectivity index (χ0v) is 12.2. The van der Waals surface area contributed by atoms with Crippen molar-refractivity contribution in [3.63, 3.8) is 0 Å². The van der Waals surface area contributed by atoms with E-state index in [2.05, 4.69) is 41.9 Å². The number of fused-ring (bicyclic) bond motifs is 1. The van der Waals surface area contributed by atoms with Crippen molar-refractivity contribution in [2.75, 3.05) is 11.9 Å². The van der Waals surface area contributed by atoms with Crippen LogP contribution in [0.15, 0.2) is 53.9 Å². The number of aliphatic hydroxyl groups is 1. The Labute approximate surface area is 122 Å². The van der Waals surface area contributed by atoms with E-state index in [0.717, 1.165) is 11.3 Å². The first-order chi connectivity index (χ1) is 9.78. The van der Waals surface area contributed by atoms with E-state index in [0.29, 0.717) is 0 Å². The van der Waals surface area contributed by atoms with Gasteiger partial charge in [0.1, 0.15) is 0 Å². The minimum atomic E-state index is -0.0760. The van der Waals surface area contributed by atoms with Crippen molar-refractivity contribution in [2.24, 2.45) is 0 Å². The number of thiophene rings is 1. The molecule has 0 bridgehead atoms. The molecule has 0 radical (unpaired) electrons. The van der Waals surface area contributed by atoms with Crippen molar-refractivity contribution < 1.29 is 5.11 Å². The highest BCUT2D eigenvalue weighted by Crippen LogP contribution is 2.31. The van der Waals surface area contributed by atoms with Crippen LogP contribution in [-0.2, 0) is 0 Å². The first-order valence-electron chi connectivity index (χ1n) is 6.68. The monoisotopic (exact) mass is 283 g/mol. The number of nitrogens with one attached hydrogen (secondary N) is 1. The van der Waals surface area contributed by atoms with Gasteiger partial charge in [-0.25, -0.2) is 0 Å². The summed E-state index contributed by atoms with van der Waals surface area (Å²) in [6.07, 6.45) is 0. The van der Waals surface area contributed by atoms with Crippen LogP contribution in [0.1, 0.15) is 17.2 Å². The van der Waals surface area contributed by atoms with E-state index in [4.69, 9.17) is 0 Å². The Balaban J connectivity index is 1.93. The fraction of sp³-hybridized carbons (Fsp3) is 0.176. The summed E-state index contributed by atoms with van der Waals surface area (Å²) >= 11 is 1.72. The Morgan fingerprint density at radius 2 is 2.00 bits per heavy atom. The van der Waals surface area contributed by atoms with Crippen LogP contribution in [0.3, 0.4) is 0 Å². The Morgan fingerprint density at radius 3 is 2.80 bits per heavy atom. The van der Waals surface area contributed by atoms with Crippen molar-refractivity contribution in [3.8, 4) is 0 Å². The smallest absolute Gasteiger partial charge is 0.0759 e. The lowest BCUT2D eigenvalue weighted by Crippen LogP contribution is -2.14. The molecule has 20 heavy (non-hydrogen) atoms. The summed E-state index contributed by atoms with van der Waals surface area (Å²) in [4.78, 5) is 0. The molecule has 2 aromatic carbocycles. The molecule has 0 aliphatic heterocycles. The van der Waals surface area contributed by atoms with Crippen LogP contribution >= 0.6 is 11.3 Å². The summed E-state index contributed by atoms with van der Waals surface area (Å²) in [6, 6.07) is 16.5. The van der Waals surface area contributed by atoms with Gasteiger partial charge in [-0.1, -0.05) is 30.3 Å². The zero-order chi connectivity index (χ0) is 13.9. The maximum absolute atomic E-state index is 9.73. The zero-order valence-electron chi connectivity index (χ0n) is 11.3. The first-order valence-corrected chi connectivity index (χ1v) is 7.56. The van der Waals surface area contributed by atoms with Crippen LogP contribution in [-0.4, -0.2) is 11.7 Å². The van der Waals surface area contributed by atoms with E-state index in [9.17, 15) is 5.11 Å². The second kappa shape index (κ2) is 5.65. The number of rotatable bonds is 4. The maximum atomic E-state index is 9.73. The number of hydrogen-bond donors (Lipinski definition) is 2. The average Bonchev–Trinajstić information content (AvgIpc) is 2.89. The predicted molar refractivity (Wildman–Crippen MR) is 86.5 cm³/mol. The molecule has 1 heterocycles. The Kier molecular flexibility index (Phi) is 3.72. The lowest BCUT2D eigenvalue weighted by molar-refractivity contribution is 0.277. The molecule has 2 N–H and O–H groups in total. The molecule has 0 aliphatic carbocycles. The quantitative estimate of drug-likeness (QED) is 0.746. The largest absolute Gasteiger partial charge is 0.394 e. The van der Waals surface area contributed by atoms with Crippen LogP contribution in [0, 0.1) is 6.92 Å². The van der Waals surface area contributed by atoms with Crippen molar-refractivity contribution in [1.29, 1.82) is 0 Å². The summed E-state index contributed by atoms with van der Waals surface area (Å²) in [7, 11) is 0. The fourth-order valence-corrected chi connectivity index (χ4v) is 3.44. The van der Waals surface area contributed by atoms with E-state index in [1.54, 1.807) is 11.3 Å². The van der Waals surface area contributed by atoms with Gasteiger partial charge in [-0.3, -0.25) is 0 Å². The second-order valence-corrected chi connectivity index (χ2v) is 5.85. The van der Waals surface area contributed by atoms with Crippen molar-refractivity contribution >= 4 is 27.1 Å². The lowest BCUT2D eigenvalue weighted by Gasteiger charge is -2.17. The molecule has 0 saturated heterocycles. The molecule has 3 aromatic rings. The molecule has 0 saturated carbocycles. The second-order valence-electron chi connectivity index (χ2n) is 4.94. The van der Waals surface area contributed by atoms with E-state index in [-0.39, 0.29) is 12.6 Å².